The Kier molecular flexibility index (Phi) is 17.4. The molecule has 4 aliphatic heterocycles. The number of rotatable bonds is 12. The molecule has 4 aromatic carbocycles. The molecule has 0 bridgehead atoms. The number of piperidine rings is 2. The molecule has 66 heavy (non-hydrogen) atoms. The van der Waals surface area contributed by atoms with Crippen molar-refractivity contribution in [2.75, 3.05) is 91.8 Å². The van der Waals surface area contributed by atoms with Crippen LogP contribution in [0.5, 0.6) is 0 Å². The van der Waals surface area contributed by atoms with Crippen molar-refractivity contribution in [1.82, 2.24) is 19.6 Å². The third-order valence-corrected chi connectivity index (χ3v) is 15.3. The van der Waals surface area contributed by atoms with Crippen molar-refractivity contribution >= 4 is 23.2 Å². The molecule has 4 heterocycles. The number of benzene rings is 4. The van der Waals surface area contributed by atoms with Crippen LogP contribution in [0.4, 0.5) is 8.78 Å². The van der Waals surface area contributed by atoms with Crippen LogP contribution in [0.25, 0.3) is 0 Å². The molecule has 4 aliphatic rings. The van der Waals surface area contributed by atoms with E-state index in [0.717, 1.165) is 140 Å². The molecule has 8 rings (SSSR count). The minimum Gasteiger partial charge on any atom is -0.385 e. The van der Waals surface area contributed by atoms with E-state index in [2.05, 4.69) is 47.3 Å². The van der Waals surface area contributed by atoms with E-state index in [1.807, 2.05) is 72.8 Å². The first-order valence-electron chi connectivity index (χ1n) is 24.1. The fraction of sp³-hybridized carbons (Fsp3) is 0.556. The largest absolute Gasteiger partial charge is 0.385 e. The topological polar surface area (TPSA) is 71.9 Å². The fourth-order valence-electron chi connectivity index (χ4n) is 10.7. The van der Waals surface area contributed by atoms with Crippen LogP contribution in [-0.2, 0) is 33.5 Å². The van der Waals surface area contributed by atoms with Crippen molar-refractivity contribution < 1.29 is 28.5 Å². The lowest BCUT2D eigenvalue weighted by Gasteiger charge is -2.51. The van der Waals surface area contributed by atoms with Gasteiger partial charge in [-0.1, -0.05) is 99.4 Å². The predicted octanol–water partition coefficient (Wildman–Crippen LogP) is 9.46. The highest BCUT2D eigenvalue weighted by Gasteiger charge is 2.50. The number of ether oxygens (including phenoxy) is 2. The highest BCUT2D eigenvalue weighted by molar-refractivity contribution is 6.30. The van der Waals surface area contributed by atoms with Crippen LogP contribution < -0.4 is 0 Å². The second-order valence-corrected chi connectivity index (χ2v) is 21.4. The van der Waals surface area contributed by atoms with Crippen molar-refractivity contribution in [2.45, 2.75) is 89.6 Å². The summed E-state index contributed by atoms with van der Waals surface area (Å²) < 4.78 is 38.6. The maximum absolute atomic E-state index is 13.2. The zero-order valence-corrected chi connectivity index (χ0v) is 41.1. The molecule has 4 atom stereocenters. The van der Waals surface area contributed by atoms with Crippen molar-refractivity contribution in [3.63, 3.8) is 0 Å². The Morgan fingerprint density at radius 1 is 0.515 bits per heavy atom. The molecule has 8 nitrogen and oxygen atoms in total. The SMILES string of the molecule is CC1(C)CN(CCN2CCCO[C@@H](Cc3ccc(F)cc3)C2)CC[C@@]1(O)c1ccc(Cl)cc1.CC1(C)CN(CCN2CCCO[C@@H](Cc3ccc(F)cc3)C2)CC[C@]1(O)c1ccc(Cl)cc1. The van der Waals surface area contributed by atoms with E-state index in [1.165, 1.54) is 24.3 Å². The van der Waals surface area contributed by atoms with Gasteiger partial charge >= 0.3 is 0 Å². The zero-order valence-electron chi connectivity index (χ0n) is 39.5. The van der Waals surface area contributed by atoms with Gasteiger partial charge in [-0.05, 0) is 109 Å². The summed E-state index contributed by atoms with van der Waals surface area (Å²) in [5.74, 6) is -0.399. The quantitative estimate of drug-likeness (QED) is 0.146. The van der Waals surface area contributed by atoms with Gasteiger partial charge in [0.25, 0.3) is 0 Å². The van der Waals surface area contributed by atoms with Crippen molar-refractivity contribution in [1.29, 1.82) is 0 Å². The maximum Gasteiger partial charge on any atom is 0.123 e. The molecule has 0 spiro atoms. The van der Waals surface area contributed by atoms with Gasteiger partial charge in [-0.15, -0.1) is 0 Å². The van der Waals surface area contributed by atoms with Crippen LogP contribution in [0.15, 0.2) is 97.1 Å². The third-order valence-electron chi connectivity index (χ3n) is 14.8. The lowest BCUT2D eigenvalue weighted by molar-refractivity contribution is -0.126. The van der Waals surface area contributed by atoms with E-state index in [0.29, 0.717) is 22.9 Å². The normalized spacial score (nSPS) is 26.8. The van der Waals surface area contributed by atoms with Gasteiger partial charge in [0.1, 0.15) is 11.6 Å². The monoisotopic (exact) mass is 948 g/mol. The van der Waals surface area contributed by atoms with Crippen LogP contribution >= 0.6 is 23.2 Å². The lowest BCUT2D eigenvalue weighted by Crippen LogP contribution is -2.56. The number of aliphatic hydroxyl groups is 2. The van der Waals surface area contributed by atoms with Gasteiger partial charge in [-0.2, -0.15) is 0 Å². The molecule has 0 aliphatic carbocycles. The van der Waals surface area contributed by atoms with E-state index in [4.69, 9.17) is 32.7 Å². The minimum atomic E-state index is -0.856. The van der Waals surface area contributed by atoms with E-state index >= 15 is 0 Å². The Labute approximate surface area is 402 Å². The molecule has 4 fully saturated rings. The van der Waals surface area contributed by atoms with Gasteiger partial charge in [0.05, 0.1) is 23.4 Å². The highest BCUT2D eigenvalue weighted by Crippen LogP contribution is 2.47. The Balaban J connectivity index is 0.000000196. The first-order chi connectivity index (χ1) is 31.5. The molecule has 0 radical (unpaired) electrons. The molecule has 4 saturated heterocycles. The van der Waals surface area contributed by atoms with Crippen molar-refractivity contribution in [3.05, 3.63) is 141 Å². The van der Waals surface area contributed by atoms with E-state index < -0.39 is 11.2 Å². The number of likely N-dealkylation sites (tertiary alicyclic amines) is 2. The second-order valence-electron chi connectivity index (χ2n) is 20.5. The smallest absolute Gasteiger partial charge is 0.123 e. The molecular formula is C54H72Cl2F2N4O4. The summed E-state index contributed by atoms with van der Waals surface area (Å²) in [4.78, 5) is 9.94. The fourth-order valence-corrected chi connectivity index (χ4v) is 10.9. The number of nitrogens with zero attached hydrogens (tertiary/aromatic N) is 4. The predicted molar refractivity (Wildman–Crippen MR) is 262 cm³/mol. The lowest BCUT2D eigenvalue weighted by atomic mass is 9.66. The summed E-state index contributed by atoms with van der Waals surface area (Å²) in [6.07, 6.45) is 5.35. The van der Waals surface area contributed by atoms with Gasteiger partial charge in [-0.3, -0.25) is 9.80 Å². The first-order valence-corrected chi connectivity index (χ1v) is 24.8. The van der Waals surface area contributed by atoms with Crippen LogP contribution in [0, 0.1) is 22.5 Å². The van der Waals surface area contributed by atoms with Gasteiger partial charge < -0.3 is 29.5 Å². The number of hydrogen-bond donors (Lipinski definition) is 2. The second kappa shape index (κ2) is 22.6. The average Bonchev–Trinajstić information content (AvgIpc) is 3.66. The van der Waals surface area contributed by atoms with Crippen molar-refractivity contribution in [3.8, 4) is 0 Å². The Hall–Kier alpha value is -3.00. The third kappa shape index (κ3) is 13.2. The van der Waals surface area contributed by atoms with Gasteiger partial charge in [-0.25, -0.2) is 8.78 Å². The maximum atomic E-state index is 13.2. The first kappa shape index (κ1) is 50.9. The highest BCUT2D eigenvalue weighted by atomic mass is 35.5. The van der Waals surface area contributed by atoms with Crippen LogP contribution in [0.3, 0.4) is 0 Å². The molecule has 360 valence electrons. The Bertz CT molecular complexity index is 1960. The summed E-state index contributed by atoms with van der Waals surface area (Å²) in [7, 11) is 0. The number of halogens is 4. The summed E-state index contributed by atoms with van der Waals surface area (Å²) in [5, 5.41) is 24.6. The van der Waals surface area contributed by atoms with Gasteiger partial charge in [0.15, 0.2) is 0 Å². The van der Waals surface area contributed by atoms with E-state index in [9.17, 15) is 19.0 Å². The van der Waals surface area contributed by atoms with Crippen LogP contribution in [-0.4, -0.2) is 134 Å². The van der Waals surface area contributed by atoms with E-state index in [-0.39, 0.29) is 34.7 Å². The molecule has 2 N–H and O–H groups in total. The molecular weight excluding hydrogens is 878 g/mol. The molecule has 12 heteroatoms. The molecule has 0 amide bonds. The molecule has 0 aromatic heterocycles. The van der Waals surface area contributed by atoms with Crippen molar-refractivity contribution in [2.24, 2.45) is 10.8 Å². The Morgan fingerprint density at radius 3 is 1.21 bits per heavy atom. The zero-order chi connectivity index (χ0) is 47.0. The molecule has 0 saturated carbocycles. The van der Waals surface area contributed by atoms with Crippen LogP contribution in [0.2, 0.25) is 10.0 Å². The number of hydrogen-bond acceptors (Lipinski definition) is 8. The summed E-state index contributed by atoms with van der Waals surface area (Å²) in [6, 6.07) is 28.8. The molecule has 4 aromatic rings. The summed E-state index contributed by atoms with van der Waals surface area (Å²) >= 11 is 12.1. The Morgan fingerprint density at radius 2 is 0.864 bits per heavy atom. The summed E-state index contributed by atoms with van der Waals surface area (Å²) in [5.41, 5.74) is 1.87. The van der Waals surface area contributed by atoms with Gasteiger partial charge in [0, 0.05) is 113 Å². The average molecular weight is 950 g/mol. The van der Waals surface area contributed by atoms with E-state index in [1.54, 1.807) is 0 Å². The van der Waals surface area contributed by atoms with Crippen LogP contribution in [0.1, 0.15) is 75.6 Å². The molecule has 0 unspecified atom stereocenters. The minimum absolute atomic E-state index is 0.130. The summed E-state index contributed by atoms with van der Waals surface area (Å²) in [6.45, 7) is 21.4. The van der Waals surface area contributed by atoms with Gasteiger partial charge in [0.2, 0.25) is 0 Å². The standard InChI is InChI=1S/2C27H36ClFN2O2/c2*1-26(2)20-31(14-12-27(26,32)22-6-8-23(28)9-7-22)16-15-30-13-3-17-33-25(19-30)18-21-4-10-24(29)11-5-21/h2*4-11,25,32H,3,12-20H2,1-2H3/t25-,27+;25-,27-/m00/s1.